The average molecular weight is 368 g/mol. The molecule has 0 aliphatic rings. The number of rotatable bonds is 15. The number of aliphatic hydroxyl groups is 1. The van der Waals surface area contributed by atoms with Crippen molar-refractivity contribution >= 4 is 0 Å². The Morgan fingerprint density at radius 1 is 0.846 bits per heavy atom. The molecule has 0 saturated carbocycles. The predicted molar refractivity (Wildman–Crippen MR) is 118 cm³/mol. The first-order valence-corrected chi connectivity index (χ1v) is 11.2. The lowest BCUT2D eigenvalue weighted by Gasteiger charge is -2.23. The molecule has 0 amide bonds. The van der Waals surface area contributed by atoms with Crippen LogP contribution in [0.25, 0.3) is 0 Å². The first kappa shape index (κ1) is 25.7. The van der Waals surface area contributed by atoms with E-state index in [1.807, 2.05) is 6.08 Å². The van der Waals surface area contributed by atoms with E-state index >= 15 is 0 Å². The summed E-state index contributed by atoms with van der Waals surface area (Å²) in [6.45, 7) is 17.4. The summed E-state index contributed by atoms with van der Waals surface area (Å²) in [5.41, 5.74) is 1.58. The number of nitrogens with one attached hydrogen (secondary N) is 1. The first-order valence-electron chi connectivity index (χ1n) is 11.2. The van der Waals surface area contributed by atoms with Gasteiger partial charge in [-0.15, -0.1) is 0 Å². The summed E-state index contributed by atoms with van der Waals surface area (Å²) in [4.78, 5) is 0. The number of hydrogen-bond donors (Lipinski definition) is 2. The van der Waals surface area contributed by atoms with Crippen LogP contribution >= 0.6 is 0 Å². The third-order valence-corrected chi connectivity index (χ3v) is 5.48. The zero-order chi connectivity index (χ0) is 20.0. The van der Waals surface area contributed by atoms with Crippen molar-refractivity contribution in [1.82, 2.24) is 5.32 Å². The third-order valence-electron chi connectivity index (χ3n) is 5.48. The Morgan fingerprint density at radius 2 is 1.31 bits per heavy atom. The summed E-state index contributed by atoms with van der Waals surface area (Å²) in [7, 11) is 0. The minimum atomic E-state index is 0.186. The fourth-order valence-electron chi connectivity index (χ4n) is 3.49. The van der Waals surface area contributed by atoms with Crippen molar-refractivity contribution in [3.05, 3.63) is 11.6 Å². The molecule has 0 aliphatic carbocycles. The van der Waals surface area contributed by atoms with Crippen LogP contribution in [0, 0.1) is 17.8 Å². The van der Waals surface area contributed by atoms with Gasteiger partial charge in [0.25, 0.3) is 0 Å². The van der Waals surface area contributed by atoms with E-state index in [-0.39, 0.29) is 12.1 Å². The molecule has 2 N–H and O–H groups in total. The summed E-state index contributed by atoms with van der Waals surface area (Å²) in [5, 5.41) is 12.5. The molecule has 156 valence electrons. The molecule has 0 saturated heterocycles. The zero-order valence-electron chi connectivity index (χ0n) is 19.0. The highest BCUT2D eigenvalue weighted by Crippen LogP contribution is 2.22. The van der Waals surface area contributed by atoms with Crippen LogP contribution in [0.1, 0.15) is 106 Å². The Balaban J connectivity index is 3.64. The molecule has 0 spiro atoms. The predicted octanol–water partition coefficient (Wildman–Crippen LogP) is 6.73. The van der Waals surface area contributed by atoms with Gasteiger partial charge in [-0.25, -0.2) is 0 Å². The van der Waals surface area contributed by atoms with E-state index in [0.717, 1.165) is 30.7 Å². The van der Waals surface area contributed by atoms with Gasteiger partial charge in [0.15, 0.2) is 0 Å². The van der Waals surface area contributed by atoms with Crippen molar-refractivity contribution in [3.63, 3.8) is 0 Å². The van der Waals surface area contributed by atoms with E-state index in [1.165, 1.54) is 56.9 Å². The molecule has 26 heavy (non-hydrogen) atoms. The second-order valence-corrected chi connectivity index (χ2v) is 9.93. The molecule has 2 nitrogen and oxygen atoms in total. The maximum Gasteiger partial charge on any atom is 0.0614 e. The molecule has 0 aliphatic heterocycles. The Hall–Kier alpha value is -0.340. The molecule has 3 atom stereocenters. The molecule has 0 aromatic carbocycles. The normalized spacial score (nSPS) is 16.5. The zero-order valence-corrected chi connectivity index (χ0v) is 19.0. The summed E-state index contributed by atoms with van der Waals surface area (Å²) in [6.07, 6.45) is 13.9. The van der Waals surface area contributed by atoms with E-state index in [2.05, 4.69) is 53.8 Å². The molecule has 0 aromatic heterocycles. The van der Waals surface area contributed by atoms with Crippen molar-refractivity contribution in [2.24, 2.45) is 17.8 Å². The van der Waals surface area contributed by atoms with Crippen molar-refractivity contribution < 1.29 is 5.11 Å². The molecule has 1 unspecified atom stereocenters. The van der Waals surface area contributed by atoms with E-state index < -0.39 is 0 Å². The van der Waals surface area contributed by atoms with Gasteiger partial charge in [-0.2, -0.15) is 0 Å². The largest absolute Gasteiger partial charge is 0.392 e. The smallest absolute Gasteiger partial charge is 0.0614 e. The number of aliphatic hydroxyl groups excluding tert-OH is 1. The maximum absolute atomic E-state index is 8.88. The van der Waals surface area contributed by atoms with Crippen LogP contribution in [0.4, 0.5) is 0 Å². The fourth-order valence-corrected chi connectivity index (χ4v) is 3.49. The second-order valence-electron chi connectivity index (χ2n) is 9.93. The van der Waals surface area contributed by atoms with Crippen molar-refractivity contribution in [2.45, 2.75) is 112 Å². The average Bonchev–Trinajstić information content (AvgIpc) is 2.52. The minimum Gasteiger partial charge on any atom is -0.392 e. The van der Waals surface area contributed by atoms with Crippen LogP contribution < -0.4 is 5.32 Å². The molecular formula is C24H49NO. The van der Waals surface area contributed by atoms with Crippen LogP contribution in [0.15, 0.2) is 11.6 Å². The van der Waals surface area contributed by atoms with Crippen LogP contribution in [0.5, 0.6) is 0 Å². The van der Waals surface area contributed by atoms with Gasteiger partial charge in [0.05, 0.1) is 6.61 Å². The van der Waals surface area contributed by atoms with Gasteiger partial charge in [0.1, 0.15) is 0 Å². The Bertz CT molecular complexity index is 356. The molecule has 0 heterocycles. The van der Waals surface area contributed by atoms with Gasteiger partial charge in [-0.05, 0) is 71.3 Å². The van der Waals surface area contributed by atoms with Crippen molar-refractivity contribution in [3.8, 4) is 0 Å². The summed E-state index contributed by atoms with van der Waals surface area (Å²) >= 11 is 0. The third kappa shape index (κ3) is 17.1. The Labute approximate surface area is 165 Å². The number of allylic oxidation sites excluding steroid dienone is 1. The molecule has 0 bridgehead atoms. The first-order chi connectivity index (χ1) is 12.1. The van der Waals surface area contributed by atoms with E-state index in [4.69, 9.17) is 5.11 Å². The van der Waals surface area contributed by atoms with E-state index in [9.17, 15) is 0 Å². The van der Waals surface area contributed by atoms with E-state index in [0.29, 0.717) is 0 Å². The quantitative estimate of drug-likeness (QED) is 0.314. The van der Waals surface area contributed by atoms with Crippen LogP contribution in [0.2, 0.25) is 0 Å². The lowest BCUT2D eigenvalue weighted by atomic mass is 9.91. The van der Waals surface area contributed by atoms with Gasteiger partial charge in [0.2, 0.25) is 0 Å². The van der Waals surface area contributed by atoms with Crippen molar-refractivity contribution in [2.75, 3.05) is 13.2 Å². The standard InChI is InChI=1S/C24H49NO/c1-20(13-9-15-22(3)17-18-26)11-8-12-21(2)14-10-16-23(4)19-25-24(5,6)7/h17,20-21,23,25-26H,8-16,18-19H2,1-7H3/b22-17+/t20-,21+,23?/m1/s1. The highest BCUT2D eigenvalue weighted by Gasteiger charge is 2.11. The maximum atomic E-state index is 8.88. The summed E-state index contributed by atoms with van der Waals surface area (Å²) in [6, 6.07) is 0. The molecule has 0 radical (unpaired) electrons. The monoisotopic (exact) mass is 367 g/mol. The summed E-state index contributed by atoms with van der Waals surface area (Å²) in [5.74, 6) is 2.50. The molecule has 0 fully saturated rings. The van der Waals surface area contributed by atoms with Gasteiger partial charge in [0, 0.05) is 5.54 Å². The van der Waals surface area contributed by atoms with E-state index in [1.54, 1.807) is 0 Å². The molecular weight excluding hydrogens is 318 g/mol. The Morgan fingerprint density at radius 3 is 1.77 bits per heavy atom. The van der Waals surface area contributed by atoms with Gasteiger partial charge in [-0.1, -0.05) is 70.9 Å². The summed E-state index contributed by atoms with van der Waals surface area (Å²) < 4.78 is 0. The highest BCUT2D eigenvalue weighted by atomic mass is 16.2. The van der Waals surface area contributed by atoms with Gasteiger partial charge >= 0.3 is 0 Å². The van der Waals surface area contributed by atoms with Gasteiger partial charge in [-0.3, -0.25) is 0 Å². The molecule has 2 heteroatoms. The van der Waals surface area contributed by atoms with Crippen LogP contribution in [-0.4, -0.2) is 23.8 Å². The topological polar surface area (TPSA) is 32.3 Å². The van der Waals surface area contributed by atoms with Crippen LogP contribution in [-0.2, 0) is 0 Å². The lowest BCUT2D eigenvalue weighted by Crippen LogP contribution is -2.38. The second kappa shape index (κ2) is 14.7. The lowest BCUT2D eigenvalue weighted by molar-refractivity contribution is 0.341. The minimum absolute atomic E-state index is 0.186. The van der Waals surface area contributed by atoms with Crippen LogP contribution in [0.3, 0.4) is 0 Å². The Kier molecular flexibility index (Phi) is 14.5. The SMILES string of the molecule is C/C(=C\CO)CCC[C@H](C)CCC[C@H](C)CCCC(C)CNC(C)(C)C. The fraction of sp³-hybridized carbons (Fsp3) is 0.917. The van der Waals surface area contributed by atoms with Gasteiger partial charge < -0.3 is 10.4 Å². The molecule has 0 aromatic rings. The molecule has 0 rings (SSSR count). The highest BCUT2D eigenvalue weighted by molar-refractivity contribution is 4.97. The number of hydrogen-bond acceptors (Lipinski definition) is 2. The van der Waals surface area contributed by atoms with Crippen molar-refractivity contribution in [1.29, 1.82) is 0 Å².